The lowest BCUT2D eigenvalue weighted by atomic mass is 10.0. The first-order chi connectivity index (χ1) is 12.2. The third kappa shape index (κ3) is 4.29. The van der Waals surface area contributed by atoms with Crippen molar-refractivity contribution in [1.29, 1.82) is 0 Å². The van der Waals surface area contributed by atoms with Crippen molar-refractivity contribution in [2.24, 2.45) is 5.73 Å². The molecular weight excluding hydrogens is 342 g/mol. The van der Waals surface area contributed by atoms with Gasteiger partial charge in [0.05, 0.1) is 12.2 Å². The van der Waals surface area contributed by atoms with E-state index >= 15 is 0 Å². The van der Waals surface area contributed by atoms with Gasteiger partial charge in [-0.05, 0) is 44.0 Å². The standard InChI is InChI=1S/C17H22ClN5O2/c18-13-2-3-15(16(10-13)25-9-1-6-19)17(24)22-7-4-14(5-8-22)23-11-20-21-12-23/h2-3,10-12,14H,1,4-9,19H2. The van der Waals surface area contributed by atoms with Gasteiger partial charge in [0.15, 0.2) is 0 Å². The fraction of sp³-hybridized carbons (Fsp3) is 0.471. The predicted molar refractivity (Wildman–Crippen MR) is 94.8 cm³/mol. The second-order valence-electron chi connectivity index (χ2n) is 6.06. The summed E-state index contributed by atoms with van der Waals surface area (Å²) in [6, 6.07) is 5.47. The van der Waals surface area contributed by atoms with Gasteiger partial charge in [0, 0.05) is 24.2 Å². The van der Waals surface area contributed by atoms with E-state index in [1.807, 2.05) is 9.47 Å². The number of carbonyl (C=O) groups excluding carboxylic acids is 1. The molecule has 1 aliphatic heterocycles. The van der Waals surface area contributed by atoms with Gasteiger partial charge in [-0.1, -0.05) is 11.6 Å². The van der Waals surface area contributed by atoms with Crippen molar-refractivity contribution in [2.75, 3.05) is 26.2 Å². The highest BCUT2D eigenvalue weighted by molar-refractivity contribution is 6.30. The van der Waals surface area contributed by atoms with Crippen LogP contribution in [0.5, 0.6) is 5.75 Å². The number of nitrogens with two attached hydrogens (primary N) is 1. The Balaban J connectivity index is 1.67. The minimum atomic E-state index is -0.0263. The molecule has 2 N–H and O–H groups in total. The SMILES string of the molecule is NCCCOc1cc(Cl)ccc1C(=O)N1CCC(n2cnnc2)CC1. The number of likely N-dealkylation sites (tertiary alicyclic amines) is 1. The number of rotatable bonds is 6. The fourth-order valence-electron chi connectivity index (χ4n) is 2.99. The molecule has 134 valence electrons. The van der Waals surface area contributed by atoms with E-state index < -0.39 is 0 Å². The van der Waals surface area contributed by atoms with Crippen LogP contribution < -0.4 is 10.5 Å². The maximum Gasteiger partial charge on any atom is 0.257 e. The normalized spacial score (nSPS) is 15.4. The topological polar surface area (TPSA) is 86.3 Å². The van der Waals surface area contributed by atoms with E-state index in [0.717, 1.165) is 19.3 Å². The van der Waals surface area contributed by atoms with Crippen molar-refractivity contribution in [3.05, 3.63) is 41.4 Å². The average Bonchev–Trinajstić information content (AvgIpc) is 3.16. The third-order valence-corrected chi connectivity index (χ3v) is 4.63. The molecule has 1 amide bonds. The molecule has 0 atom stereocenters. The van der Waals surface area contributed by atoms with Gasteiger partial charge in [0.25, 0.3) is 5.91 Å². The van der Waals surface area contributed by atoms with Crippen molar-refractivity contribution in [3.8, 4) is 5.75 Å². The lowest BCUT2D eigenvalue weighted by Gasteiger charge is -2.32. The monoisotopic (exact) mass is 363 g/mol. The molecule has 1 aromatic heterocycles. The van der Waals surface area contributed by atoms with E-state index in [2.05, 4.69) is 10.2 Å². The molecule has 0 radical (unpaired) electrons. The van der Waals surface area contributed by atoms with Gasteiger partial charge >= 0.3 is 0 Å². The molecule has 0 saturated carbocycles. The maximum atomic E-state index is 12.9. The Kier molecular flexibility index (Phi) is 5.88. The molecule has 1 aromatic carbocycles. The number of nitrogens with zero attached hydrogens (tertiary/aromatic N) is 4. The highest BCUT2D eigenvalue weighted by Gasteiger charge is 2.26. The van der Waals surface area contributed by atoms with E-state index in [1.54, 1.807) is 30.9 Å². The van der Waals surface area contributed by atoms with Crippen molar-refractivity contribution in [3.63, 3.8) is 0 Å². The summed E-state index contributed by atoms with van der Waals surface area (Å²) in [5.74, 6) is 0.494. The van der Waals surface area contributed by atoms with Crippen LogP contribution in [0.2, 0.25) is 5.02 Å². The molecule has 0 bridgehead atoms. The largest absolute Gasteiger partial charge is 0.493 e. The van der Waals surface area contributed by atoms with Crippen LogP contribution in [0.15, 0.2) is 30.9 Å². The second-order valence-corrected chi connectivity index (χ2v) is 6.50. The molecule has 0 spiro atoms. The Hall–Kier alpha value is -2.12. The molecule has 2 heterocycles. The van der Waals surface area contributed by atoms with E-state index in [0.29, 0.717) is 48.6 Å². The minimum absolute atomic E-state index is 0.0263. The molecule has 3 rings (SSSR count). The second kappa shape index (κ2) is 8.31. The van der Waals surface area contributed by atoms with Crippen molar-refractivity contribution in [2.45, 2.75) is 25.3 Å². The molecule has 1 fully saturated rings. The number of benzene rings is 1. The van der Waals surface area contributed by atoms with Gasteiger partial charge in [-0.25, -0.2) is 0 Å². The van der Waals surface area contributed by atoms with Crippen LogP contribution in [0.4, 0.5) is 0 Å². The van der Waals surface area contributed by atoms with Gasteiger partial charge in [-0.2, -0.15) is 0 Å². The van der Waals surface area contributed by atoms with Crippen molar-refractivity contribution >= 4 is 17.5 Å². The highest BCUT2D eigenvalue weighted by Crippen LogP contribution is 2.28. The number of piperidine rings is 1. The average molecular weight is 364 g/mol. The molecule has 25 heavy (non-hydrogen) atoms. The van der Waals surface area contributed by atoms with Crippen molar-refractivity contribution in [1.82, 2.24) is 19.7 Å². The summed E-state index contributed by atoms with van der Waals surface area (Å²) in [6.07, 6.45) is 5.93. The summed E-state index contributed by atoms with van der Waals surface area (Å²) < 4.78 is 7.72. The van der Waals surface area contributed by atoms with Gasteiger partial charge < -0.3 is 19.9 Å². The molecule has 2 aromatic rings. The number of hydrogen-bond acceptors (Lipinski definition) is 5. The smallest absolute Gasteiger partial charge is 0.257 e. The maximum absolute atomic E-state index is 12.9. The number of carbonyl (C=O) groups is 1. The lowest BCUT2D eigenvalue weighted by molar-refractivity contribution is 0.0690. The predicted octanol–water partition coefficient (Wildman–Crippen LogP) is 2.14. The summed E-state index contributed by atoms with van der Waals surface area (Å²) >= 11 is 6.05. The third-order valence-electron chi connectivity index (χ3n) is 4.39. The number of aromatic nitrogens is 3. The Bertz CT molecular complexity index is 699. The molecule has 0 aliphatic carbocycles. The molecule has 7 nitrogen and oxygen atoms in total. The quantitative estimate of drug-likeness (QED) is 0.794. The number of ether oxygens (including phenoxy) is 1. The Morgan fingerprint density at radius 1 is 1.28 bits per heavy atom. The molecular formula is C17H22ClN5O2. The summed E-state index contributed by atoms with van der Waals surface area (Å²) in [5, 5.41) is 8.24. The first-order valence-corrected chi connectivity index (χ1v) is 8.82. The summed E-state index contributed by atoms with van der Waals surface area (Å²) in [7, 11) is 0. The molecule has 1 aliphatic rings. The van der Waals surface area contributed by atoms with E-state index in [-0.39, 0.29) is 5.91 Å². The molecule has 8 heteroatoms. The van der Waals surface area contributed by atoms with Crippen LogP contribution in [0.3, 0.4) is 0 Å². The number of hydrogen-bond donors (Lipinski definition) is 1. The Labute approximate surface area is 151 Å². The zero-order valence-corrected chi connectivity index (χ0v) is 14.7. The Morgan fingerprint density at radius 2 is 2.00 bits per heavy atom. The van der Waals surface area contributed by atoms with Crippen LogP contribution >= 0.6 is 11.6 Å². The first kappa shape index (κ1) is 17.7. The van der Waals surface area contributed by atoms with Crippen LogP contribution in [-0.4, -0.2) is 51.8 Å². The zero-order valence-electron chi connectivity index (χ0n) is 14.0. The van der Waals surface area contributed by atoms with E-state index in [4.69, 9.17) is 22.1 Å². The van der Waals surface area contributed by atoms with Crippen LogP contribution in [0.1, 0.15) is 35.7 Å². The Morgan fingerprint density at radius 3 is 2.68 bits per heavy atom. The van der Waals surface area contributed by atoms with Crippen LogP contribution in [0, 0.1) is 0 Å². The number of halogens is 1. The highest BCUT2D eigenvalue weighted by atomic mass is 35.5. The number of amides is 1. The zero-order chi connectivity index (χ0) is 17.6. The lowest BCUT2D eigenvalue weighted by Crippen LogP contribution is -2.39. The van der Waals surface area contributed by atoms with Crippen LogP contribution in [-0.2, 0) is 0 Å². The summed E-state index contributed by atoms with van der Waals surface area (Å²) in [5.41, 5.74) is 6.04. The van der Waals surface area contributed by atoms with Gasteiger partial charge in [0.1, 0.15) is 18.4 Å². The summed E-state index contributed by atoms with van der Waals surface area (Å²) in [4.78, 5) is 14.8. The van der Waals surface area contributed by atoms with Gasteiger partial charge in [-0.3, -0.25) is 4.79 Å². The van der Waals surface area contributed by atoms with E-state index in [9.17, 15) is 4.79 Å². The minimum Gasteiger partial charge on any atom is -0.493 e. The molecule has 0 unspecified atom stereocenters. The van der Waals surface area contributed by atoms with Gasteiger partial charge in [-0.15, -0.1) is 10.2 Å². The van der Waals surface area contributed by atoms with Crippen molar-refractivity contribution < 1.29 is 9.53 Å². The van der Waals surface area contributed by atoms with Crippen LogP contribution in [0.25, 0.3) is 0 Å². The van der Waals surface area contributed by atoms with E-state index in [1.165, 1.54) is 0 Å². The van der Waals surface area contributed by atoms with Gasteiger partial charge in [0.2, 0.25) is 0 Å². The summed E-state index contributed by atoms with van der Waals surface area (Å²) in [6.45, 7) is 2.38. The first-order valence-electron chi connectivity index (χ1n) is 8.45. The molecule has 1 saturated heterocycles. The fourth-order valence-corrected chi connectivity index (χ4v) is 3.15.